The van der Waals surface area contributed by atoms with Crippen molar-refractivity contribution in [1.29, 1.82) is 0 Å². The van der Waals surface area contributed by atoms with E-state index in [0.717, 1.165) is 18.5 Å². The minimum Gasteiger partial charge on any atom is -0.417 e. The molecule has 1 aromatic rings. The van der Waals surface area contributed by atoms with Crippen molar-refractivity contribution in [2.75, 3.05) is 11.5 Å². The molecule has 0 bridgehead atoms. The first-order valence-electron chi connectivity index (χ1n) is 8.73. The molecule has 1 amide bonds. The first kappa shape index (κ1) is 19.6. The van der Waals surface area contributed by atoms with Gasteiger partial charge in [-0.3, -0.25) is 14.9 Å². The van der Waals surface area contributed by atoms with E-state index in [1.165, 1.54) is 12.1 Å². The number of hydrogen-bond donors (Lipinski definition) is 0. The van der Waals surface area contributed by atoms with E-state index in [2.05, 4.69) is 33.9 Å². The number of nitro groups is 1. The molecular formula is C18H28N2O4Si. The highest BCUT2D eigenvalue weighted by atomic mass is 28.4. The highest BCUT2D eigenvalue weighted by Gasteiger charge is 2.38. The summed E-state index contributed by atoms with van der Waals surface area (Å²) in [5, 5.41) is 11.0. The van der Waals surface area contributed by atoms with E-state index in [0.29, 0.717) is 13.0 Å². The third-order valence-electron chi connectivity index (χ3n) is 5.38. The van der Waals surface area contributed by atoms with Crippen LogP contribution < -0.4 is 4.90 Å². The zero-order chi connectivity index (χ0) is 18.8. The molecule has 1 aliphatic rings. The number of hydrogen-bond acceptors (Lipinski definition) is 4. The number of anilines is 1. The highest BCUT2D eigenvalue weighted by Crippen LogP contribution is 2.37. The standard InChI is InChI=1S/C18H28N2O4Si/c1-18(2,3)25(4,5)24-13-12-15-10-11-17(21)19(15)14-6-8-16(9-7-14)20(22)23/h6-9,15H,10-13H2,1-5H3/t15-/m0/s1. The van der Waals surface area contributed by atoms with Gasteiger partial charge >= 0.3 is 0 Å². The van der Waals surface area contributed by atoms with Crippen molar-refractivity contribution < 1.29 is 14.1 Å². The number of amides is 1. The lowest BCUT2D eigenvalue weighted by Gasteiger charge is -2.36. The average Bonchev–Trinajstić information content (AvgIpc) is 2.87. The molecule has 138 valence electrons. The van der Waals surface area contributed by atoms with Crippen LogP contribution in [0.25, 0.3) is 0 Å². The van der Waals surface area contributed by atoms with Gasteiger partial charge in [0.1, 0.15) is 0 Å². The van der Waals surface area contributed by atoms with Crippen LogP contribution in [-0.4, -0.2) is 31.8 Å². The van der Waals surface area contributed by atoms with E-state index < -0.39 is 13.2 Å². The monoisotopic (exact) mass is 364 g/mol. The molecule has 0 aliphatic carbocycles. The number of carbonyl (C=O) groups excluding carboxylic acids is 1. The summed E-state index contributed by atoms with van der Waals surface area (Å²) >= 11 is 0. The van der Waals surface area contributed by atoms with Crippen molar-refractivity contribution in [3.63, 3.8) is 0 Å². The van der Waals surface area contributed by atoms with E-state index >= 15 is 0 Å². The molecule has 0 aromatic heterocycles. The van der Waals surface area contributed by atoms with Crippen LogP contribution in [-0.2, 0) is 9.22 Å². The quantitative estimate of drug-likeness (QED) is 0.423. The van der Waals surface area contributed by atoms with Crippen molar-refractivity contribution >= 4 is 25.6 Å². The second-order valence-electron chi connectivity index (χ2n) is 8.13. The Morgan fingerprint density at radius 3 is 2.40 bits per heavy atom. The van der Waals surface area contributed by atoms with Gasteiger partial charge in [-0.25, -0.2) is 0 Å². The fourth-order valence-corrected chi connectivity index (χ4v) is 3.83. The predicted octanol–water partition coefficient (Wildman–Crippen LogP) is 4.50. The van der Waals surface area contributed by atoms with Gasteiger partial charge in [0.25, 0.3) is 5.69 Å². The summed E-state index contributed by atoms with van der Waals surface area (Å²) in [5.41, 5.74) is 0.763. The molecule has 1 heterocycles. The molecule has 1 saturated heterocycles. The molecule has 0 unspecified atom stereocenters. The van der Waals surface area contributed by atoms with Crippen LogP contribution in [0, 0.1) is 10.1 Å². The molecule has 0 radical (unpaired) electrons. The predicted molar refractivity (Wildman–Crippen MR) is 101 cm³/mol. The molecule has 0 saturated carbocycles. The van der Waals surface area contributed by atoms with E-state index in [1.54, 1.807) is 17.0 Å². The van der Waals surface area contributed by atoms with Crippen molar-refractivity contribution in [2.45, 2.75) is 64.2 Å². The SMILES string of the molecule is CC(C)(C)[Si](C)(C)OCC[C@@H]1CCC(=O)N1c1ccc([N+](=O)[O-])cc1. The van der Waals surface area contributed by atoms with Gasteiger partial charge in [-0.15, -0.1) is 0 Å². The molecule has 0 spiro atoms. The number of nitro benzene ring substituents is 1. The van der Waals surface area contributed by atoms with Crippen LogP contribution in [0.2, 0.25) is 18.1 Å². The summed E-state index contributed by atoms with van der Waals surface area (Å²) < 4.78 is 6.24. The van der Waals surface area contributed by atoms with Crippen molar-refractivity contribution in [1.82, 2.24) is 0 Å². The Kier molecular flexibility index (Phi) is 5.68. The number of non-ortho nitro benzene ring substituents is 1. The van der Waals surface area contributed by atoms with Crippen LogP contribution in [0.1, 0.15) is 40.0 Å². The second-order valence-corrected chi connectivity index (χ2v) is 12.9. The number of benzene rings is 1. The van der Waals surface area contributed by atoms with Crippen LogP contribution in [0.5, 0.6) is 0 Å². The molecule has 25 heavy (non-hydrogen) atoms. The second kappa shape index (κ2) is 7.25. The first-order valence-corrected chi connectivity index (χ1v) is 11.6. The summed E-state index contributed by atoms with van der Waals surface area (Å²) in [6.07, 6.45) is 2.10. The Bertz CT molecular complexity index is 637. The Morgan fingerprint density at radius 1 is 1.28 bits per heavy atom. The summed E-state index contributed by atoms with van der Waals surface area (Å²) in [6.45, 7) is 11.7. The van der Waals surface area contributed by atoms with E-state index in [-0.39, 0.29) is 22.7 Å². The van der Waals surface area contributed by atoms with Gasteiger partial charge in [-0.2, -0.15) is 0 Å². The number of nitrogens with zero attached hydrogens (tertiary/aromatic N) is 2. The normalized spacial score (nSPS) is 18.7. The van der Waals surface area contributed by atoms with E-state index in [9.17, 15) is 14.9 Å². The van der Waals surface area contributed by atoms with E-state index in [1.807, 2.05) is 0 Å². The van der Waals surface area contributed by atoms with Gasteiger partial charge < -0.3 is 9.33 Å². The zero-order valence-electron chi connectivity index (χ0n) is 15.7. The smallest absolute Gasteiger partial charge is 0.269 e. The summed E-state index contributed by atoms with van der Waals surface area (Å²) in [4.78, 5) is 24.4. The third-order valence-corrected chi connectivity index (χ3v) is 9.92. The largest absolute Gasteiger partial charge is 0.417 e. The van der Waals surface area contributed by atoms with Crippen molar-refractivity contribution in [3.8, 4) is 0 Å². The zero-order valence-corrected chi connectivity index (χ0v) is 16.7. The van der Waals surface area contributed by atoms with Crippen molar-refractivity contribution in [2.24, 2.45) is 0 Å². The fraction of sp³-hybridized carbons (Fsp3) is 0.611. The summed E-state index contributed by atoms with van der Waals surface area (Å²) in [5.74, 6) is 0.0752. The topological polar surface area (TPSA) is 72.7 Å². The molecule has 1 aliphatic heterocycles. The lowest BCUT2D eigenvalue weighted by Crippen LogP contribution is -2.42. The highest BCUT2D eigenvalue weighted by molar-refractivity contribution is 6.74. The Morgan fingerprint density at radius 2 is 1.88 bits per heavy atom. The average molecular weight is 365 g/mol. The fourth-order valence-electron chi connectivity index (χ4n) is 2.77. The Labute approximate surface area is 150 Å². The van der Waals surface area contributed by atoms with Gasteiger partial charge in [0.05, 0.1) is 4.92 Å². The maximum atomic E-state index is 12.3. The molecule has 2 rings (SSSR count). The van der Waals surface area contributed by atoms with Crippen molar-refractivity contribution in [3.05, 3.63) is 34.4 Å². The van der Waals surface area contributed by atoms with Crippen LogP contribution in [0.3, 0.4) is 0 Å². The molecule has 1 fully saturated rings. The molecule has 7 heteroatoms. The number of carbonyl (C=O) groups is 1. The third kappa shape index (κ3) is 4.46. The minimum absolute atomic E-state index is 0.0354. The molecule has 1 atom stereocenters. The van der Waals surface area contributed by atoms with E-state index in [4.69, 9.17) is 4.43 Å². The Balaban J connectivity index is 2.03. The molecular weight excluding hydrogens is 336 g/mol. The van der Waals surface area contributed by atoms with Gasteiger partial charge in [0.15, 0.2) is 8.32 Å². The number of rotatable bonds is 6. The first-order chi connectivity index (χ1) is 11.5. The molecule has 0 N–H and O–H groups in total. The lowest BCUT2D eigenvalue weighted by molar-refractivity contribution is -0.384. The van der Waals surface area contributed by atoms with Gasteiger partial charge in [-0.05, 0) is 43.1 Å². The summed E-state index contributed by atoms with van der Waals surface area (Å²) in [7, 11) is -1.79. The van der Waals surface area contributed by atoms with Gasteiger partial charge in [0.2, 0.25) is 5.91 Å². The van der Waals surface area contributed by atoms with Gasteiger partial charge in [-0.1, -0.05) is 20.8 Å². The van der Waals surface area contributed by atoms with Crippen LogP contribution in [0.15, 0.2) is 24.3 Å². The maximum absolute atomic E-state index is 12.3. The Hall–Kier alpha value is -1.73. The summed E-state index contributed by atoms with van der Waals surface area (Å²) in [6, 6.07) is 6.30. The van der Waals surface area contributed by atoms with Crippen LogP contribution >= 0.6 is 0 Å². The molecule has 6 nitrogen and oxygen atoms in total. The maximum Gasteiger partial charge on any atom is 0.269 e. The molecule has 1 aromatic carbocycles. The minimum atomic E-state index is -1.79. The lowest BCUT2D eigenvalue weighted by atomic mass is 10.1. The van der Waals surface area contributed by atoms with Crippen LogP contribution in [0.4, 0.5) is 11.4 Å². The van der Waals surface area contributed by atoms with Gasteiger partial charge in [0, 0.05) is 36.9 Å².